The minimum absolute atomic E-state index is 0.322. The molecule has 94 valence electrons. The molecule has 1 aromatic carbocycles. The molecule has 0 radical (unpaired) electrons. The number of carbonyl (C=O) groups excluding carboxylic acids is 1. The van der Waals surface area contributed by atoms with Crippen molar-refractivity contribution in [3.05, 3.63) is 60.2 Å². The van der Waals surface area contributed by atoms with Crippen LogP contribution < -0.4 is 0 Å². The molecule has 0 aliphatic heterocycles. The Bertz CT molecular complexity index is 686. The summed E-state index contributed by atoms with van der Waals surface area (Å²) in [6.07, 6.45) is 4.16. The third-order valence-corrected chi connectivity index (χ3v) is 2.67. The maximum absolute atomic E-state index is 10.5. The van der Waals surface area contributed by atoms with Crippen LogP contribution in [0.3, 0.4) is 0 Å². The first kappa shape index (κ1) is 11.3. The number of aromatic nitrogens is 5. The van der Waals surface area contributed by atoms with Crippen LogP contribution in [-0.2, 0) is 6.54 Å². The number of carbonyl (C=O) groups is 1. The average Bonchev–Trinajstić information content (AvgIpc) is 3.09. The lowest BCUT2D eigenvalue weighted by molar-refractivity contribution is 0.111. The van der Waals surface area contributed by atoms with Crippen LogP contribution in [0.25, 0.3) is 5.69 Å². The quantitative estimate of drug-likeness (QED) is 0.658. The fraction of sp³-hybridized carbons (Fsp3) is 0.0769. The van der Waals surface area contributed by atoms with E-state index in [0.717, 1.165) is 11.4 Å². The zero-order valence-corrected chi connectivity index (χ0v) is 10.0. The molecule has 2 heterocycles. The first-order chi connectivity index (χ1) is 9.35. The molecule has 0 bridgehead atoms. The monoisotopic (exact) mass is 253 g/mol. The van der Waals surface area contributed by atoms with Crippen molar-refractivity contribution in [2.45, 2.75) is 6.54 Å². The Labute approximate surface area is 109 Å². The van der Waals surface area contributed by atoms with Gasteiger partial charge in [-0.2, -0.15) is 5.10 Å². The highest BCUT2D eigenvalue weighted by atomic mass is 16.1. The van der Waals surface area contributed by atoms with Crippen molar-refractivity contribution in [2.75, 3.05) is 0 Å². The van der Waals surface area contributed by atoms with Gasteiger partial charge in [-0.05, 0) is 18.2 Å². The van der Waals surface area contributed by atoms with E-state index in [0.29, 0.717) is 18.5 Å². The molecule has 6 heteroatoms. The van der Waals surface area contributed by atoms with E-state index in [1.54, 1.807) is 15.6 Å². The van der Waals surface area contributed by atoms with Gasteiger partial charge in [-0.1, -0.05) is 23.4 Å². The van der Waals surface area contributed by atoms with E-state index < -0.39 is 0 Å². The summed E-state index contributed by atoms with van der Waals surface area (Å²) < 4.78 is 3.38. The van der Waals surface area contributed by atoms with Crippen LogP contribution in [0.15, 0.2) is 48.8 Å². The van der Waals surface area contributed by atoms with Crippen LogP contribution in [0, 0.1) is 0 Å². The number of aldehydes is 1. The van der Waals surface area contributed by atoms with Gasteiger partial charge < -0.3 is 0 Å². The van der Waals surface area contributed by atoms with Gasteiger partial charge in [0, 0.05) is 6.20 Å². The molecule has 19 heavy (non-hydrogen) atoms. The van der Waals surface area contributed by atoms with Gasteiger partial charge in [0.15, 0.2) is 6.29 Å². The topological polar surface area (TPSA) is 65.6 Å². The predicted octanol–water partition coefficient (Wildman–Crippen LogP) is 1.32. The minimum Gasteiger partial charge on any atom is -0.296 e. The lowest BCUT2D eigenvalue weighted by Gasteiger charge is -2.00. The van der Waals surface area contributed by atoms with E-state index in [9.17, 15) is 4.79 Å². The first-order valence-corrected chi connectivity index (χ1v) is 5.80. The van der Waals surface area contributed by atoms with E-state index in [-0.39, 0.29) is 0 Å². The van der Waals surface area contributed by atoms with Gasteiger partial charge in [0.05, 0.1) is 24.1 Å². The summed E-state index contributed by atoms with van der Waals surface area (Å²) in [6.45, 7) is 0.487. The van der Waals surface area contributed by atoms with E-state index in [1.807, 2.05) is 42.6 Å². The molecule has 0 saturated carbocycles. The van der Waals surface area contributed by atoms with Gasteiger partial charge in [0.25, 0.3) is 0 Å². The Kier molecular flexibility index (Phi) is 2.89. The third kappa shape index (κ3) is 2.42. The fourth-order valence-corrected chi connectivity index (χ4v) is 1.78. The van der Waals surface area contributed by atoms with E-state index in [2.05, 4.69) is 15.4 Å². The summed E-state index contributed by atoms with van der Waals surface area (Å²) in [6, 6.07) is 11.8. The van der Waals surface area contributed by atoms with Crippen molar-refractivity contribution in [1.29, 1.82) is 0 Å². The maximum atomic E-state index is 10.5. The molecular weight excluding hydrogens is 242 g/mol. The second-order valence-electron chi connectivity index (χ2n) is 4.05. The number of hydrogen-bond acceptors (Lipinski definition) is 4. The lowest BCUT2D eigenvalue weighted by atomic mass is 10.3. The van der Waals surface area contributed by atoms with Gasteiger partial charge in [-0.25, -0.2) is 9.36 Å². The Hall–Kier alpha value is -2.76. The van der Waals surface area contributed by atoms with Crippen molar-refractivity contribution in [3.8, 4) is 5.69 Å². The summed E-state index contributed by atoms with van der Waals surface area (Å²) in [4.78, 5) is 10.5. The molecule has 2 aromatic heterocycles. The molecule has 0 saturated heterocycles. The second-order valence-corrected chi connectivity index (χ2v) is 4.05. The molecule has 3 rings (SSSR count). The molecule has 0 unspecified atom stereocenters. The predicted molar refractivity (Wildman–Crippen MR) is 68.1 cm³/mol. The normalized spacial score (nSPS) is 10.5. The number of para-hydroxylation sites is 1. The lowest BCUT2D eigenvalue weighted by Crippen LogP contribution is -2.02. The summed E-state index contributed by atoms with van der Waals surface area (Å²) in [5.41, 5.74) is 2.18. The summed E-state index contributed by atoms with van der Waals surface area (Å²) in [5.74, 6) is 0. The van der Waals surface area contributed by atoms with Gasteiger partial charge in [0.1, 0.15) is 5.69 Å². The first-order valence-electron chi connectivity index (χ1n) is 5.80. The van der Waals surface area contributed by atoms with E-state index in [1.165, 1.54) is 0 Å². The summed E-state index contributed by atoms with van der Waals surface area (Å²) >= 11 is 0. The average molecular weight is 253 g/mol. The van der Waals surface area contributed by atoms with Crippen molar-refractivity contribution >= 4 is 6.29 Å². The fourth-order valence-electron chi connectivity index (χ4n) is 1.78. The Balaban J connectivity index is 1.80. The highest BCUT2D eigenvalue weighted by Gasteiger charge is 2.04. The van der Waals surface area contributed by atoms with Crippen molar-refractivity contribution < 1.29 is 4.79 Å². The molecule has 0 fully saturated rings. The Morgan fingerprint density at radius 2 is 2.00 bits per heavy atom. The minimum atomic E-state index is 0.322. The van der Waals surface area contributed by atoms with E-state index >= 15 is 0 Å². The smallest absolute Gasteiger partial charge is 0.171 e. The SMILES string of the molecule is O=Cc1cn(Cc2ccn(-c3ccccc3)n2)nn1. The van der Waals surface area contributed by atoms with Crippen LogP contribution in [0.1, 0.15) is 16.2 Å². The standard InChI is InChI=1S/C13H11N5O/c19-10-12-9-17(16-14-12)8-11-6-7-18(15-11)13-4-2-1-3-5-13/h1-7,9-10H,8H2. The molecule has 0 aliphatic carbocycles. The molecule has 0 amide bonds. The second kappa shape index (κ2) is 4.85. The molecule has 0 atom stereocenters. The summed E-state index contributed by atoms with van der Waals surface area (Å²) in [5, 5.41) is 12.0. The van der Waals surface area contributed by atoms with Crippen molar-refractivity contribution in [1.82, 2.24) is 24.8 Å². The summed E-state index contributed by atoms with van der Waals surface area (Å²) in [7, 11) is 0. The number of rotatable bonds is 4. The van der Waals surface area contributed by atoms with Crippen LogP contribution >= 0.6 is 0 Å². The van der Waals surface area contributed by atoms with Gasteiger partial charge in [-0.15, -0.1) is 5.10 Å². The number of hydrogen-bond donors (Lipinski definition) is 0. The Morgan fingerprint density at radius 1 is 1.16 bits per heavy atom. The van der Waals surface area contributed by atoms with Gasteiger partial charge >= 0.3 is 0 Å². The highest BCUT2D eigenvalue weighted by Crippen LogP contribution is 2.07. The molecule has 0 spiro atoms. The highest BCUT2D eigenvalue weighted by molar-refractivity contribution is 5.70. The number of nitrogens with zero attached hydrogens (tertiary/aromatic N) is 5. The van der Waals surface area contributed by atoms with Crippen LogP contribution in [0.4, 0.5) is 0 Å². The van der Waals surface area contributed by atoms with Crippen LogP contribution in [0.5, 0.6) is 0 Å². The molecule has 0 N–H and O–H groups in total. The molecule has 6 nitrogen and oxygen atoms in total. The maximum Gasteiger partial charge on any atom is 0.171 e. The van der Waals surface area contributed by atoms with Crippen molar-refractivity contribution in [2.24, 2.45) is 0 Å². The largest absolute Gasteiger partial charge is 0.296 e. The van der Waals surface area contributed by atoms with Crippen molar-refractivity contribution in [3.63, 3.8) is 0 Å². The molecular formula is C13H11N5O. The number of benzene rings is 1. The van der Waals surface area contributed by atoms with E-state index in [4.69, 9.17) is 0 Å². The van der Waals surface area contributed by atoms with Gasteiger partial charge in [-0.3, -0.25) is 4.79 Å². The van der Waals surface area contributed by atoms with Crippen LogP contribution in [-0.4, -0.2) is 31.1 Å². The van der Waals surface area contributed by atoms with Gasteiger partial charge in [0.2, 0.25) is 0 Å². The zero-order valence-electron chi connectivity index (χ0n) is 10.0. The zero-order chi connectivity index (χ0) is 13.1. The molecule has 0 aliphatic rings. The Morgan fingerprint density at radius 3 is 2.74 bits per heavy atom. The third-order valence-electron chi connectivity index (χ3n) is 2.67. The van der Waals surface area contributed by atoms with Crippen LogP contribution in [0.2, 0.25) is 0 Å². The molecule has 3 aromatic rings.